The molecule has 0 saturated carbocycles. The molecule has 0 bridgehead atoms. The smallest absolute Gasteiger partial charge is 0.343 e. The van der Waals surface area contributed by atoms with E-state index in [9.17, 15) is 29.1 Å². The summed E-state index contributed by atoms with van der Waals surface area (Å²) in [5.74, 6) is -4.16. The van der Waals surface area contributed by atoms with Gasteiger partial charge in [0.15, 0.2) is 11.4 Å². The van der Waals surface area contributed by atoms with Crippen molar-refractivity contribution >= 4 is 29.5 Å². The number of nitrogens with zero attached hydrogens (tertiary/aromatic N) is 1. The Morgan fingerprint density at radius 3 is 2.46 bits per heavy atom. The molecule has 0 saturated heterocycles. The molecule has 0 aromatic heterocycles. The van der Waals surface area contributed by atoms with Crippen molar-refractivity contribution in [2.75, 3.05) is 0 Å². The van der Waals surface area contributed by atoms with Crippen molar-refractivity contribution in [1.82, 2.24) is 4.90 Å². The topological polar surface area (TPSA) is 138 Å². The Morgan fingerprint density at radius 1 is 1.14 bits per heavy atom. The van der Waals surface area contributed by atoms with Crippen molar-refractivity contribution in [2.45, 2.75) is 70.9 Å². The second-order valence-electron chi connectivity index (χ2n) is 8.83. The van der Waals surface area contributed by atoms with Crippen LogP contribution in [-0.2, 0) is 28.7 Å². The van der Waals surface area contributed by atoms with Crippen LogP contribution in [0.25, 0.3) is 0 Å². The number of carboxylic acids is 2. The molecule has 186 valence electrons. The van der Waals surface area contributed by atoms with Gasteiger partial charge in [0.25, 0.3) is 0 Å². The summed E-state index contributed by atoms with van der Waals surface area (Å²) in [4.78, 5) is 63.5. The Kier molecular flexibility index (Phi) is 7.57. The lowest BCUT2D eigenvalue weighted by molar-refractivity contribution is -0.153. The van der Waals surface area contributed by atoms with E-state index in [2.05, 4.69) is 0 Å². The van der Waals surface area contributed by atoms with E-state index in [0.717, 1.165) is 12.8 Å². The maximum Gasteiger partial charge on any atom is 0.343 e. The largest absolute Gasteiger partial charge is 0.481 e. The first kappa shape index (κ1) is 25.9. The van der Waals surface area contributed by atoms with E-state index in [1.54, 1.807) is 31.2 Å². The summed E-state index contributed by atoms with van der Waals surface area (Å²) in [6.07, 6.45) is 9.86. The number of ether oxygens (including phenoxy) is 1. The predicted molar refractivity (Wildman–Crippen MR) is 125 cm³/mol. The van der Waals surface area contributed by atoms with Gasteiger partial charge in [-0.2, -0.15) is 0 Å². The Labute approximate surface area is 203 Å². The zero-order valence-electron chi connectivity index (χ0n) is 20.0. The molecule has 0 aromatic rings. The Hall–Kier alpha value is -3.75. The molecule has 2 aliphatic heterocycles. The highest BCUT2D eigenvalue weighted by molar-refractivity contribution is 6.25. The van der Waals surface area contributed by atoms with Crippen LogP contribution < -0.4 is 0 Å². The number of carbonyl (C=O) groups excluding carboxylic acids is 3. The molecule has 3 rings (SSSR count). The molecule has 0 amide bonds. The fourth-order valence-electron chi connectivity index (χ4n) is 4.48. The highest BCUT2D eigenvalue weighted by Gasteiger charge is 2.54. The molecular formula is C26H29NO8. The number of carboxylic acid groups (broad SMARTS) is 2. The lowest BCUT2D eigenvalue weighted by Crippen LogP contribution is -2.44. The van der Waals surface area contributed by atoms with Crippen LogP contribution >= 0.6 is 0 Å². The molecule has 1 aliphatic carbocycles. The number of unbranched alkanes of at least 4 members (excludes halogenated alkanes) is 2. The van der Waals surface area contributed by atoms with Gasteiger partial charge in [-0.25, -0.2) is 9.59 Å². The van der Waals surface area contributed by atoms with Gasteiger partial charge in [0, 0.05) is 35.9 Å². The molecule has 2 atom stereocenters. The lowest BCUT2D eigenvalue weighted by Gasteiger charge is -2.36. The molecule has 2 heterocycles. The number of esters is 1. The predicted octanol–water partition coefficient (Wildman–Crippen LogP) is 3.23. The Bertz CT molecular complexity index is 1140. The average Bonchev–Trinajstić information content (AvgIpc) is 3.05. The van der Waals surface area contributed by atoms with Gasteiger partial charge in [-0.1, -0.05) is 25.8 Å². The average molecular weight is 484 g/mol. The number of aliphatic carboxylic acids is 2. The lowest BCUT2D eigenvalue weighted by atomic mass is 9.76. The van der Waals surface area contributed by atoms with Gasteiger partial charge >= 0.3 is 17.9 Å². The molecule has 9 nitrogen and oxygen atoms in total. The minimum absolute atomic E-state index is 0.114. The minimum atomic E-state index is -1.69. The van der Waals surface area contributed by atoms with Gasteiger partial charge in [-0.15, -0.1) is 0 Å². The minimum Gasteiger partial charge on any atom is -0.481 e. The van der Waals surface area contributed by atoms with Crippen molar-refractivity contribution in [3.8, 4) is 0 Å². The van der Waals surface area contributed by atoms with Gasteiger partial charge in [-0.05, 0) is 50.5 Å². The summed E-state index contributed by atoms with van der Waals surface area (Å²) in [6.45, 7) is 5.17. The first-order valence-electron chi connectivity index (χ1n) is 11.6. The molecule has 1 unspecified atom stereocenters. The summed E-state index contributed by atoms with van der Waals surface area (Å²) in [7, 11) is 0. The molecular weight excluding hydrogens is 454 g/mol. The molecule has 0 aromatic carbocycles. The summed E-state index contributed by atoms with van der Waals surface area (Å²) in [5.41, 5.74) is -0.620. The van der Waals surface area contributed by atoms with Crippen LogP contribution in [0.5, 0.6) is 0 Å². The van der Waals surface area contributed by atoms with Gasteiger partial charge in [-0.3, -0.25) is 14.4 Å². The van der Waals surface area contributed by atoms with Crippen LogP contribution in [0, 0.1) is 0 Å². The molecule has 3 aliphatic rings. The van der Waals surface area contributed by atoms with Crippen molar-refractivity contribution in [2.24, 2.45) is 0 Å². The van der Waals surface area contributed by atoms with E-state index >= 15 is 0 Å². The zero-order valence-corrected chi connectivity index (χ0v) is 20.0. The van der Waals surface area contributed by atoms with E-state index in [1.165, 1.54) is 18.0 Å². The van der Waals surface area contributed by atoms with Crippen LogP contribution in [0.4, 0.5) is 0 Å². The Balaban J connectivity index is 2.10. The van der Waals surface area contributed by atoms with E-state index in [4.69, 9.17) is 9.84 Å². The number of hydrogen-bond donors (Lipinski definition) is 2. The van der Waals surface area contributed by atoms with Gasteiger partial charge in [0.2, 0.25) is 5.78 Å². The second kappa shape index (κ2) is 10.2. The molecule has 35 heavy (non-hydrogen) atoms. The summed E-state index contributed by atoms with van der Waals surface area (Å²) >= 11 is 0. The quantitative estimate of drug-likeness (QED) is 0.258. The number of rotatable bonds is 11. The highest BCUT2D eigenvalue weighted by atomic mass is 16.6. The third-order valence-corrected chi connectivity index (χ3v) is 6.32. The zero-order chi connectivity index (χ0) is 25.9. The van der Waals surface area contributed by atoms with E-state index in [-0.39, 0.29) is 41.8 Å². The third kappa shape index (κ3) is 4.89. The monoisotopic (exact) mass is 483 g/mol. The molecule has 0 spiro atoms. The highest BCUT2D eigenvalue weighted by Crippen LogP contribution is 2.45. The number of hydrogen-bond acceptors (Lipinski definition) is 7. The number of allylic oxidation sites excluding steroid dienone is 4. The first-order valence-corrected chi connectivity index (χ1v) is 11.6. The summed E-state index contributed by atoms with van der Waals surface area (Å²) in [6, 6.07) is -1.23. The molecule has 2 N–H and O–H groups in total. The van der Waals surface area contributed by atoms with Crippen molar-refractivity contribution in [3.63, 3.8) is 0 Å². The maximum atomic E-state index is 13.6. The number of Topliss-reactive ketones (excluding diaryl/α,β-unsaturated/α-hetero) is 2. The van der Waals surface area contributed by atoms with Crippen LogP contribution in [0.2, 0.25) is 0 Å². The van der Waals surface area contributed by atoms with E-state index in [1.807, 2.05) is 6.92 Å². The SMILES string of the molecule is C/C=C/C1=CC2=CC3=C(C(=O)CCCCC)C(=O)O[C@@]3(C)C(=O)C2=CN1C(CCC(=O)O)C(=O)O. The van der Waals surface area contributed by atoms with Gasteiger partial charge in [0.1, 0.15) is 11.6 Å². The van der Waals surface area contributed by atoms with Crippen LogP contribution in [0.15, 0.2) is 58.5 Å². The summed E-state index contributed by atoms with van der Waals surface area (Å²) in [5, 5.41) is 18.8. The van der Waals surface area contributed by atoms with Crippen LogP contribution in [0.1, 0.15) is 59.3 Å². The van der Waals surface area contributed by atoms with E-state index < -0.39 is 35.3 Å². The number of ketones is 2. The van der Waals surface area contributed by atoms with Crippen molar-refractivity contribution < 1.29 is 38.9 Å². The van der Waals surface area contributed by atoms with Crippen LogP contribution in [-0.4, -0.2) is 56.2 Å². The fourth-order valence-corrected chi connectivity index (χ4v) is 4.48. The third-order valence-electron chi connectivity index (χ3n) is 6.32. The fraction of sp³-hybridized carbons (Fsp3) is 0.423. The van der Waals surface area contributed by atoms with E-state index in [0.29, 0.717) is 17.7 Å². The van der Waals surface area contributed by atoms with Gasteiger partial charge in [0.05, 0.1) is 0 Å². The van der Waals surface area contributed by atoms with Crippen molar-refractivity contribution in [1.29, 1.82) is 0 Å². The molecule has 0 radical (unpaired) electrons. The Morgan fingerprint density at radius 2 is 1.86 bits per heavy atom. The second-order valence-corrected chi connectivity index (χ2v) is 8.83. The first-order chi connectivity index (χ1) is 16.5. The summed E-state index contributed by atoms with van der Waals surface area (Å²) < 4.78 is 5.43. The number of fused-ring (bicyclic) bond motifs is 2. The van der Waals surface area contributed by atoms with Crippen LogP contribution in [0.3, 0.4) is 0 Å². The normalized spacial score (nSPS) is 22.3. The maximum absolute atomic E-state index is 13.6. The standard InChI is InChI=1S/C26H29NO8/c1-4-6-7-9-20(28)22-18-13-15-12-16(8-5-2)27(19(24(32)33)10-11-21(29)30)14-17(15)23(31)26(18,3)35-25(22)34/h5,8,12-14,19H,4,6-7,9-11H2,1-3H3,(H,29,30)(H,32,33)/b8-5+/t19?,26-/m1/s1. The number of carbonyl (C=O) groups is 5. The molecule has 0 fully saturated rings. The van der Waals surface area contributed by atoms with Gasteiger partial charge < -0.3 is 19.8 Å². The van der Waals surface area contributed by atoms with Crippen molar-refractivity contribution in [3.05, 3.63) is 58.5 Å². The molecule has 9 heteroatoms.